The highest BCUT2D eigenvalue weighted by Crippen LogP contribution is 2.39. The van der Waals surface area contributed by atoms with Crippen LogP contribution in [0.25, 0.3) is 0 Å². The number of nitrogens with zero attached hydrogens (tertiary/aromatic N) is 1. The van der Waals surface area contributed by atoms with Gasteiger partial charge in [0.2, 0.25) is 0 Å². The highest BCUT2D eigenvalue weighted by atomic mass is 19.4. The molecule has 1 atom stereocenters. The quantitative estimate of drug-likeness (QED) is 0.670. The Labute approximate surface area is 74.6 Å². The molecule has 1 aliphatic heterocycles. The number of rotatable bonds is 2. The van der Waals surface area contributed by atoms with E-state index >= 15 is 0 Å². The monoisotopic (exact) mass is 198 g/mol. The first kappa shape index (κ1) is 10.7. The molecule has 1 fully saturated rings. The molecular formula is C7H13F3N2O. The Kier molecular flexibility index (Phi) is 2.84. The molecule has 1 saturated heterocycles. The average Bonchev–Trinajstić information content (AvgIpc) is 2.32. The summed E-state index contributed by atoms with van der Waals surface area (Å²) in [7, 11) is 0. The normalized spacial score (nSPS) is 31.2. The van der Waals surface area contributed by atoms with E-state index in [1.807, 2.05) is 0 Å². The van der Waals surface area contributed by atoms with Crippen molar-refractivity contribution in [3.05, 3.63) is 0 Å². The molecular weight excluding hydrogens is 185 g/mol. The highest BCUT2D eigenvalue weighted by Gasteiger charge is 2.58. The van der Waals surface area contributed by atoms with Crippen molar-refractivity contribution in [3.8, 4) is 0 Å². The summed E-state index contributed by atoms with van der Waals surface area (Å²) in [4.78, 5) is 0. The first-order chi connectivity index (χ1) is 5.91. The van der Waals surface area contributed by atoms with Crippen LogP contribution in [0, 0.1) is 0 Å². The van der Waals surface area contributed by atoms with Crippen LogP contribution in [0.1, 0.15) is 13.3 Å². The van der Waals surface area contributed by atoms with Crippen molar-refractivity contribution in [1.29, 1.82) is 0 Å². The number of alkyl halides is 3. The Hall–Kier alpha value is -0.330. The molecule has 0 spiro atoms. The van der Waals surface area contributed by atoms with Gasteiger partial charge in [-0.3, -0.25) is 5.84 Å². The number of halogens is 3. The summed E-state index contributed by atoms with van der Waals surface area (Å²) in [6.45, 7) is 1.55. The summed E-state index contributed by atoms with van der Waals surface area (Å²) in [6, 6.07) is 0. The van der Waals surface area contributed by atoms with E-state index < -0.39 is 11.8 Å². The first-order valence-corrected chi connectivity index (χ1v) is 4.11. The van der Waals surface area contributed by atoms with Crippen molar-refractivity contribution in [2.24, 2.45) is 5.84 Å². The Morgan fingerprint density at radius 2 is 2.15 bits per heavy atom. The molecule has 13 heavy (non-hydrogen) atoms. The number of nitrogens with two attached hydrogens (primary N) is 1. The maximum atomic E-state index is 12.6. The van der Waals surface area contributed by atoms with Crippen molar-refractivity contribution in [2.75, 3.05) is 19.7 Å². The zero-order chi connectivity index (χ0) is 10.1. The summed E-state index contributed by atoms with van der Waals surface area (Å²) < 4.78 is 42.5. The molecule has 0 aromatic rings. The largest absolute Gasteiger partial charge is 0.418 e. The van der Waals surface area contributed by atoms with Crippen LogP contribution in [-0.2, 0) is 4.74 Å². The molecule has 2 N–H and O–H groups in total. The van der Waals surface area contributed by atoms with Gasteiger partial charge in [-0.05, 0) is 6.92 Å². The van der Waals surface area contributed by atoms with E-state index in [0.29, 0.717) is 0 Å². The van der Waals surface area contributed by atoms with E-state index in [2.05, 4.69) is 0 Å². The average molecular weight is 198 g/mol. The fourth-order valence-electron chi connectivity index (χ4n) is 1.52. The zero-order valence-corrected chi connectivity index (χ0v) is 7.40. The minimum absolute atomic E-state index is 0.0490. The predicted molar refractivity (Wildman–Crippen MR) is 40.8 cm³/mol. The predicted octanol–water partition coefficient (Wildman–Crippen LogP) is 0.903. The minimum Gasteiger partial charge on any atom is -0.364 e. The van der Waals surface area contributed by atoms with Crippen LogP contribution < -0.4 is 5.84 Å². The standard InChI is InChI=1S/C7H13F3N2O/c1-2-13-6(7(8,9)10)3-4-12(11)5-6/h2-5,11H2,1H3/t6-/m0/s1. The Balaban J connectivity index is 2.77. The lowest BCUT2D eigenvalue weighted by Crippen LogP contribution is -2.50. The molecule has 0 aromatic heterocycles. The van der Waals surface area contributed by atoms with E-state index in [0.717, 1.165) is 5.01 Å². The second kappa shape index (κ2) is 3.43. The van der Waals surface area contributed by atoms with E-state index in [4.69, 9.17) is 10.6 Å². The number of hydrogen-bond acceptors (Lipinski definition) is 3. The Bertz CT molecular complexity index is 181. The molecule has 78 valence electrons. The maximum absolute atomic E-state index is 12.6. The topological polar surface area (TPSA) is 38.5 Å². The van der Waals surface area contributed by atoms with E-state index in [9.17, 15) is 13.2 Å². The van der Waals surface area contributed by atoms with Gasteiger partial charge in [0, 0.05) is 19.6 Å². The van der Waals surface area contributed by atoms with Gasteiger partial charge in [-0.15, -0.1) is 0 Å². The molecule has 1 heterocycles. The Morgan fingerprint density at radius 1 is 1.54 bits per heavy atom. The molecule has 6 heteroatoms. The van der Waals surface area contributed by atoms with Crippen LogP contribution in [0.3, 0.4) is 0 Å². The van der Waals surface area contributed by atoms with Crippen molar-refractivity contribution < 1.29 is 17.9 Å². The summed E-state index contributed by atoms with van der Waals surface area (Å²) in [6.07, 6.45) is -4.42. The molecule has 0 amide bonds. The minimum atomic E-state index is -4.34. The van der Waals surface area contributed by atoms with Crippen LogP contribution in [0.5, 0.6) is 0 Å². The van der Waals surface area contributed by atoms with Gasteiger partial charge in [0.1, 0.15) is 0 Å². The van der Waals surface area contributed by atoms with E-state index in [1.165, 1.54) is 0 Å². The molecule has 0 saturated carbocycles. The van der Waals surface area contributed by atoms with Crippen LogP contribution >= 0.6 is 0 Å². The van der Waals surface area contributed by atoms with Gasteiger partial charge >= 0.3 is 6.18 Å². The number of hydrogen-bond donors (Lipinski definition) is 1. The van der Waals surface area contributed by atoms with Crippen molar-refractivity contribution in [3.63, 3.8) is 0 Å². The SMILES string of the molecule is CCO[C@@]1(C(F)(F)F)CCN(N)C1. The zero-order valence-electron chi connectivity index (χ0n) is 7.40. The third-order valence-corrected chi connectivity index (χ3v) is 2.20. The van der Waals surface area contributed by atoms with Crippen LogP contribution in [-0.4, -0.2) is 36.5 Å². The third kappa shape index (κ3) is 1.95. The summed E-state index contributed by atoms with van der Waals surface area (Å²) >= 11 is 0. The molecule has 0 bridgehead atoms. The highest BCUT2D eigenvalue weighted by molar-refractivity contribution is 4.96. The molecule has 0 aliphatic carbocycles. The van der Waals surface area contributed by atoms with Crippen LogP contribution in [0.15, 0.2) is 0 Å². The maximum Gasteiger partial charge on any atom is 0.418 e. The molecule has 0 unspecified atom stereocenters. The second-order valence-corrected chi connectivity index (χ2v) is 3.15. The van der Waals surface area contributed by atoms with Crippen molar-refractivity contribution in [1.82, 2.24) is 5.01 Å². The van der Waals surface area contributed by atoms with Crippen molar-refractivity contribution >= 4 is 0 Å². The van der Waals surface area contributed by atoms with Crippen LogP contribution in [0.2, 0.25) is 0 Å². The summed E-state index contributed by atoms with van der Waals surface area (Å²) in [5, 5.41) is 1.14. The lowest BCUT2D eigenvalue weighted by molar-refractivity contribution is -0.271. The summed E-state index contributed by atoms with van der Waals surface area (Å²) in [5.74, 6) is 5.29. The van der Waals surface area contributed by atoms with Crippen molar-refractivity contribution in [2.45, 2.75) is 25.1 Å². The molecule has 1 aliphatic rings. The van der Waals surface area contributed by atoms with E-state index in [1.54, 1.807) is 6.92 Å². The van der Waals surface area contributed by atoms with Gasteiger partial charge in [0.05, 0.1) is 6.54 Å². The Morgan fingerprint density at radius 3 is 2.46 bits per heavy atom. The number of ether oxygens (including phenoxy) is 1. The second-order valence-electron chi connectivity index (χ2n) is 3.15. The third-order valence-electron chi connectivity index (χ3n) is 2.20. The number of hydrazine groups is 1. The molecule has 3 nitrogen and oxygen atoms in total. The molecule has 0 radical (unpaired) electrons. The first-order valence-electron chi connectivity index (χ1n) is 4.11. The van der Waals surface area contributed by atoms with Crippen LogP contribution in [0.4, 0.5) is 13.2 Å². The fraction of sp³-hybridized carbons (Fsp3) is 1.00. The van der Waals surface area contributed by atoms with E-state index in [-0.39, 0.29) is 26.1 Å². The van der Waals surface area contributed by atoms with Gasteiger partial charge < -0.3 is 4.74 Å². The van der Waals surface area contributed by atoms with Gasteiger partial charge in [-0.2, -0.15) is 13.2 Å². The van der Waals surface area contributed by atoms with Gasteiger partial charge in [-0.25, -0.2) is 5.01 Å². The molecule has 0 aromatic carbocycles. The summed E-state index contributed by atoms with van der Waals surface area (Å²) in [5.41, 5.74) is -2.05. The lowest BCUT2D eigenvalue weighted by atomic mass is 10.0. The smallest absolute Gasteiger partial charge is 0.364 e. The fourth-order valence-corrected chi connectivity index (χ4v) is 1.52. The molecule has 1 rings (SSSR count). The van der Waals surface area contributed by atoms with Gasteiger partial charge in [-0.1, -0.05) is 0 Å². The van der Waals surface area contributed by atoms with Gasteiger partial charge in [0.15, 0.2) is 5.60 Å². The van der Waals surface area contributed by atoms with Gasteiger partial charge in [0.25, 0.3) is 0 Å². The lowest BCUT2D eigenvalue weighted by Gasteiger charge is -2.30.